The molecule has 3 aliphatic heterocycles. The molecule has 0 aliphatic carbocycles. The largest absolute Gasteiger partial charge is 0.497 e. The highest BCUT2D eigenvalue weighted by molar-refractivity contribution is 8.02. The summed E-state index contributed by atoms with van der Waals surface area (Å²) in [6.07, 6.45) is 1.33. The molecular weight excluding hydrogens is 542 g/mol. The van der Waals surface area contributed by atoms with Gasteiger partial charge in [0.25, 0.3) is 0 Å². The van der Waals surface area contributed by atoms with E-state index in [0.29, 0.717) is 42.3 Å². The number of carbonyl (C=O) groups is 3. The van der Waals surface area contributed by atoms with Gasteiger partial charge < -0.3 is 30.1 Å². The number of amides is 3. The molecule has 3 N–H and O–H groups in total. The summed E-state index contributed by atoms with van der Waals surface area (Å²) >= 11 is 1.60. The summed E-state index contributed by atoms with van der Waals surface area (Å²) in [5.41, 5.74) is 1.21. The molecule has 2 unspecified atom stereocenters. The van der Waals surface area contributed by atoms with E-state index in [-0.39, 0.29) is 30.2 Å². The summed E-state index contributed by atoms with van der Waals surface area (Å²) in [5, 5.41) is 16.4. The third-order valence-corrected chi connectivity index (χ3v) is 10.8. The molecule has 1 spiro atoms. The zero-order valence-electron chi connectivity index (χ0n) is 24.2. The fourth-order valence-electron chi connectivity index (χ4n) is 6.95. The molecule has 3 aliphatic rings. The van der Waals surface area contributed by atoms with Crippen molar-refractivity contribution in [3.05, 3.63) is 48.5 Å². The summed E-state index contributed by atoms with van der Waals surface area (Å²) in [7, 11) is 1.58. The second-order valence-corrected chi connectivity index (χ2v) is 13.5. The summed E-state index contributed by atoms with van der Waals surface area (Å²) in [5.74, 6) is -0.817. The van der Waals surface area contributed by atoms with Crippen LogP contribution < -0.4 is 20.1 Å². The second kappa shape index (κ2) is 11.2. The number of hydrogen-bond donors (Lipinski definition) is 3. The van der Waals surface area contributed by atoms with Crippen LogP contribution in [0.1, 0.15) is 40.5 Å². The van der Waals surface area contributed by atoms with Crippen LogP contribution in [0.4, 0.5) is 11.4 Å². The minimum Gasteiger partial charge on any atom is -0.497 e. The van der Waals surface area contributed by atoms with Crippen LogP contribution in [0, 0.1) is 17.8 Å². The number of ether oxygens (including phenoxy) is 2. The Morgan fingerprint density at radius 2 is 1.61 bits per heavy atom. The number of nitrogens with zero attached hydrogens (tertiary/aromatic N) is 1. The van der Waals surface area contributed by atoms with E-state index in [1.807, 2.05) is 27.7 Å². The molecule has 6 atom stereocenters. The Labute approximate surface area is 245 Å². The van der Waals surface area contributed by atoms with Crippen molar-refractivity contribution in [2.24, 2.45) is 17.8 Å². The van der Waals surface area contributed by atoms with E-state index in [0.717, 1.165) is 0 Å². The van der Waals surface area contributed by atoms with Crippen LogP contribution >= 0.6 is 11.8 Å². The van der Waals surface area contributed by atoms with Crippen molar-refractivity contribution < 1.29 is 29.0 Å². The SMILES string of the molecule is CCOc1ccc(NC(=O)[C@@H]2[C@H]3C(=O)N([C@@H](CO)C(C)C)C(C(=O)Nc4ccc(OC)cc4)C34CC[C@@]2(C)S4)cc1. The monoisotopic (exact) mass is 581 g/mol. The number of thioether (sulfide) groups is 1. The number of aliphatic hydroxyl groups excluding tert-OH is 1. The number of likely N-dealkylation sites (tertiary alicyclic amines) is 1. The molecule has 3 saturated heterocycles. The van der Waals surface area contributed by atoms with Gasteiger partial charge in [0.15, 0.2) is 0 Å². The van der Waals surface area contributed by atoms with E-state index in [1.165, 1.54) is 0 Å². The van der Waals surface area contributed by atoms with Crippen molar-refractivity contribution in [1.29, 1.82) is 0 Å². The molecule has 9 nitrogen and oxygen atoms in total. The topological polar surface area (TPSA) is 117 Å². The number of rotatable bonds is 10. The Balaban J connectivity index is 1.49. The lowest BCUT2D eigenvalue weighted by Gasteiger charge is -2.38. The lowest BCUT2D eigenvalue weighted by molar-refractivity contribution is -0.142. The molecule has 220 valence electrons. The van der Waals surface area contributed by atoms with E-state index < -0.39 is 33.4 Å². The normalized spacial score (nSPS) is 28.9. The van der Waals surface area contributed by atoms with Gasteiger partial charge in [-0.05, 0) is 81.1 Å². The van der Waals surface area contributed by atoms with Crippen LogP contribution in [0.3, 0.4) is 0 Å². The van der Waals surface area contributed by atoms with Gasteiger partial charge >= 0.3 is 0 Å². The molecule has 2 aromatic carbocycles. The minimum atomic E-state index is -0.836. The molecular formula is C31H39N3O6S. The Bertz CT molecular complexity index is 1300. The first kappa shape index (κ1) is 29.3. The Hall–Kier alpha value is -3.24. The number of anilines is 2. The lowest BCUT2D eigenvalue weighted by Crippen LogP contribution is -2.56. The van der Waals surface area contributed by atoms with Gasteiger partial charge in [0.1, 0.15) is 17.5 Å². The van der Waals surface area contributed by atoms with Gasteiger partial charge in [0.2, 0.25) is 17.7 Å². The van der Waals surface area contributed by atoms with Crippen molar-refractivity contribution in [2.45, 2.75) is 62.1 Å². The first-order valence-electron chi connectivity index (χ1n) is 14.2. The maximum absolute atomic E-state index is 14.4. The fraction of sp³-hybridized carbons (Fsp3) is 0.516. The Morgan fingerprint density at radius 1 is 1.02 bits per heavy atom. The van der Waals surface area contributed by atoms with Crippen molar-refractivity contribution in [1.82, 2.24) is 4.90 Å². The summed E-state index contributed by atoms with van der Waals surface area (Å²) in [4.78, 5) is 44.0. The number of methoxy groups -OCH3 is 1. The number of nitrogens with one attached hydrogen (secondary N) is 2. The summed E-state index contributed by atoms with van der Waals surface area (Å²) in [6.45, 7) is 8.08. The highest BCUT2D eigenvalue weighted by atomic mass is 32.2. The standard InChI is InChI=1S/C31H39N3O6S/c1-6-40-22-13-9-19(10-14-22)32-27(36)24-25-29(38)34(23(17-35)18(2)3)26(31(25)16-15-30(24,4)41-31)28(37)33-20-7-11-21(39-5)12-8-20/h7-14,18,23-26,35H,6,15-17H2,1-5H3,(H,32,36)(H,33,37)/t23-,24-,25-,26?,30+,31?/m0/s1. The number of hydrogen-bond acceptors (Lipinski definition) is 7. The maximum atomic E-state index is 14.4. The lowest BCUT2D eigenvalue weighted by atomic mass is 9.66. The van der Waals surface area contributed by atoms with Crippen LogP contribution in [-0.2, 0) is 14.4 Å². The molecule has 0 saturated carbocycles. The van der Waals surface area contributed by atoms with Gasteiger partial charge in [0, 0.05) is 16.1 Å². The minimum absolute atomic E-state index is 0.0932. The predicted molar refractivity (Wildman–Crippen MR) is 159 cm³/mol. The quantitative estimate of drug-likeness (QED) is 0.386. The Kier molecular flexibility index (Phi) is 8.00. The van der Waals surface area contributed by atoms with Gasteiger partial charge in [-0.3, -0.25) is 14.4 Å². The number of benzene rings is 2. The highest BCUT2D eigenvalue weighted by Crippen LogP contribution is 2.71. The molecule has 0 radical (unpaired) electrons. The van der Waals surface area contributed by atoms with Crippen LogP contribution in [0.25, 0.3) is 0 Å². The average molecular weight is 582 g/mol. The van der Waals surface area contributed by atoms with E-state index in [2.05, 4.69) is 10.6 Å². The number of fused-ring (bicyclic) bond motifs is 1. The van der Waals surface area contributed by atoms with E-state index in [1.54, 1.807) is 72.3 Å². The maximum Gasteiger partial charge on any atom is 0.248 e. The van der Waals surface area contributed by atoms with Crippen molar-refractivity contribution in [3.63, 3.8) is 0 Å². The second-order valence-electron chi connectivity index (χ2n) is 11.6. The molecule has 5 rings (SSSR count). The van der Waals surface area contributed by atoms with E-state index in [4.69, 9.17) is 9.47 Å². The first-order chi connectivity index (χ1) is 19.6. The molecule has 3 heterocycles. The molecule has 2 aromatic rings. The number of carbonyl (C=O) groups excluding carboxylic acids is 3. The number of aliphatic hydroxyl groups is 1. The van der Waals surface area contributed by atoms with Crippen molar-refractivity contribution in [3.8, 4) is 11.5 Å². The third kappa shape index (κ3) is 4.95. The molecule has 0 aromatic heterocycles. The predicted octanol–water partition coefficient (Wildman–Crippen LogP) is 4.17. The Morgan fingerprint density at radius 3 is 2.15 bits per heavy atom. The highest BCUT2D eigenvalue weighted by Gasteiger charge is 2.77. The fourth-order valence-corrected chi connectivity index (χ4v) is 9.29. The summed E-state index contributed by atoms with van der Waals surface area (Å²) < 4.78 is 9.46. The van der Waals surface area contributed by atoms with Gasteiger partial charge in [-0.1, -0.05) is 13.8 Å². The first-order valence-corrected chi connectivity index (χ1v) is 15.0. The van der Waals surface area contributed by atoms with Crippen molar-refractivity contribution >= 4 is 40.9 Å². The van der Waals surface area contributed by atoms with Crippen LogP contribution in [0.15, 0.2) is 48.5 Å². The van der Waals surface area contributed by atoms with E-state index in [9.17, 15) is 19.5 Å². The molecule has 10 heteroatoms. The van der Waals surface area contributed by atoms with Gasteiger partial charge in [-0.15, -0.1) is 11.8 Å². The zero-order valence-corrected chi connectivity index (χ0v) is 25.0. The van der Waals surface area contributed by atoms with Crippen molar-refractivity contribution in [2.75, 3.05) is 31.0 Å². The molecule has 41 heavy (non-hydrogen) atoms. The molecule has 2 bridgehead atoms. The van der Waals surface area contributed by atoms with Gasteiger partial charge in [0.05, 0.1) is 42.9 Å². The molecule has 3 fully saturated rings. The third-order valence-electron chi connectivity index (χ3n) is 8.85. The van der Waals surface area contributed by atoms with Gasteiger partial charge in [-0.25, -0.2) is 0 Å². The van der Waals surface area contributed by atoms with Crippen LogP contribution in [0.2, 0.25) is 0 Å². The van der Waals surface area contributed by atoms with E-state index >= 15 is 0 Å². The average Bonchev–Trinajstić information content (AvgIpc) is 3.51. The smallest absolute Gasteiger partial charge is 0.248 e. The van der Waals surface area contributed by atoms with Crippen LogP contribution in [-0.4, -0.2) is 69.6 Å². The molecule has 3 amide bonds. The summed E-state index contributed by atoms with van der Waals surface area (Å²) in [6, 6.07) is 12.8. The van der Waals surface area contributed by atoms with Crippen LogP contribution in [0.5, 0.6) is 11.5 Å². The zero-order chi connectivity index (χ0) is 29.5. The van der Waals surface area contributed by atoms with Gasteiger partial charge in [-0.2, -0.15) is 0 Å².